The molecular weight excluding hydrogens is 234 g/mol. The van der Waals surface area contributed by atoms with Crippen molar-refractivity contribution in [2.24, 2.45) is 16.7 Å². The molecule has 0 aliphatic heterocycles. The second-order valence-electron chi connectivity index (χ2n) is 7.63. The second kappa shape index (κ2) is 5.09. The molecule has 2 heteroatoms. The average Bonchev–Trinajstić information content (AvgIpc) is 2.39. The number of nitrogens with zero attached hydrogens (tertiary/aromatic N) is 1. The lowest BCUT2D eigenvalue weighted by Crippen LogP contribution is -2.56. The van der Waals surface area contributed by atoms with Crippen LogP contribution in [0.4, 0.5) is 0 Å². The Hall–Kier alpha value is -0.550. The maximum absolute atomic E-state index is 11.4. The number of aliphatic hydroxyl groups is 1. The largest absolute Gasteiger partial charge is 0.388 e. The van der Waals surface area contributed by atoms with E-state index in [1.807, 2.05) is 0 Å². The molecule has 2 aliphatic carbocycles. The first-order valence-corrected chi connectivity index (χ1v) is 8.03. The normalized spacial score (nSPS) is 37.5. The third-order valence-corrected chi connectivity index (χ3v) is 6.03. The van der Waals surface area contributed by atoms with E-state index in [9.17, 15) is 10.4 Å². The zero-order valence-corrected chi connectivity index (χ0v) is 12.8. The van der Waals surface area contributed by atoms with Crippen LogP contribution in [0, 0.1) is 28.1 Å². The highest BCUT2D eigenvalue weighted by Crippen LogP contribution is 2.56. The average molecular weight is 263 g/mol. The van der Waals surface area contributed by atoms with E-state index >= 15 is 0 Å². The van der Waals surface area contributed by atoms with Gasteiger partial charge in [-0.2, -0.15) is 5.26 Å². The number of rotatable bonds is 2. The molecule has 0 aromatic heterocycles. The lowest BCUT2D eigenvalue weighted by Gasteiger charge is -2.53. The molecule has 108 valence electrons. The molecule has 0 amide bonds. The lowest BCUT2D eigenvalue weighted by atomic mass is 9.53. The van der Waals surface area contributed by atoms with Crippen LogP contribution in [-0.4, -0.2) is 10.7 Å². The molecule has 0 spiro atoms. The number of hydrogen-bond donors (Lipinski definition) is 1. The maximum Gasteiger partial charge on any atom is 0.0863 e. The van der Waals surface area contributed by atoms with Gasteiger partial charge >= 0.3 is 0 Å². The summed E-state index contributed by atoms with van der Waals surface area (Å²) in [6.45, 7) is 6.74. The van der Waals surface area contributed by atoms with Gasteiger partial charge in [-0.3, -0.25) is 0 Å². The highest BCUT2D eigenvalue weighted by atomic mass is 16.3. The molecule has 2 rings (SSSR count). The minimum atomic E-state index is -0.731. The molecule has 2 nitrogen and oxygen atoms in total. The smallest absolute Gasteiger partial charge is 0.0863 e. The third-order valence-electron chi connectivity index (χ3n) is 6.03. The van der Waals surface area contributed by atoms with Gasteiger partial charge in [0.25, 0.3) is 0 Å². The van der Waals surface area contributed by atoms with Gasteiger partial charge in [0.1, 0.15) is 0 Å². The van der Waals surface area contributed by atoms with Crippen molar-refractivity contribution in [3.63, 3.8) is 0 Å². The molecule has 0 aromatic carbocycles. The maximum atomic E-state index is 11.4. The Morgan fingerprint density at radius 3 is 2.26 bits per heavy atom. The van der Waals surface area contributed by atoms with Crippen molar-refractivity contribution in [2.75, 3.05) is 0 Å². The molecule has 0 heterocycles. The van der Waals surface area contributed by atoms with Crippen LogP contribution in [0.5, 0.6) is 0 Å². The Kier molecular flexibility index (Phi) is 3.98. The Morgan fingerprint density at radius 2 is 1.74 bits per heavy atom. The summed E-state index contributed by atoms with van der Waals surface area (Å²) in [5.41, 5.74) is -0.873. The molecule has 2 atom stereocenters. The minimum Gasteiger partial charge on any atom is -0.388 e. The van der Waals surface area contributed by atoms with Crippen LogP contribution in [0.1, 0.15) is 78.6 Å². The van der Waals surface area contributed by atoms with Gasteiger partial charge in [0.05, 0.1) is 17.1 Å². The fourth-order valence-corrected chi connectivity index (χ4v) is 4.40. The van der Waals surface area contributed by atoms with Crippen LogP contribution < -0.4 is 0 Å². The Labute approximate surface area is 118 Å². The third kappa shape index (κ3) is 2.42. The van der Waals surface area contributed by atoms with Crippen LogP contribution in [0.3, 0.4) is 0 Å². The monoisotopic (exact) mass is 263 g/mol. The fraction of sp³-hybridized carbons (Fsp3) is 0.941. The molecule has 0 bridgehead atoms. The van der Waals surface area contributed by atoms with Gasteiger partial charge in [0.2, 0.25) is 0 Å². The first kappa shape index (κ1) is 14.9. The molecule has 19 heavy (non-hydrogen) atoms. The highest BCUT2D eigenvalue weighted by Gasteiger charge is 2.56. The molecule has 2 fully saturated rings. The zero-order chi connectivity index (χ0) is 14.1. The quantitative estimate of drug-likeness (QED) is 0.801. The predicted octanol–water partition coefficient (Wildman–Crippen LogP) is 4.43. The molecule has 1 N–H and O–H groups in total. The SMILES string of the molecule is CCC1CCCCC1(O)C1(C#N)CCC(C)(C)CC1. The summed E-state index contributed by atoms with van der Waals surface area (Å²) in [6.07, 6.45) is 9.13. The Bertz CT molecular complexity index is 358. The number of nitriles is 1. The van der Waals surface area contributed by atoms with Gasteiger partial charge in [0, 0.05) is 0 Å². The molecule has 2 unspecified atom stereocenters. The Morgan fingerprint density at radius 1 is 1.11 bits per heavy atom. The first-order valence-electron chi connectivity index (χ1n) is 8.03. The van der Waals surface area contributed by atoms with Gasteiger partial charge in [0.15, 0.2) is 0 Å². The molecule has 2 aliphatic rings. The topological polar surface area (TPSA) is 44.0 Å². The first-order chi connectivity index (χ1) is 8.89. The van der Waals surface area contributed by atoms with Crippen LogP contribution in [0.25, 0.3) is 0 Å². The minimum absolute atomic E-state index is 0.321. The van der Waals surface area contributed by atoms with Crippen molar-refractivity contribution in [3.8, 4) is 6.07 Å². The van der Waals surface area contributed by atoms with E-state index in [1.165, 1.54) is 6.42 Å². The van der Waals surface area contributed by atoms with Crippen molar-refractivity contribution in [1.29, 1.82) is 5.26 Å². The van der Waals surface area contributed by atoms with Gasteiger partial charge < -0.3 is 5.11 Å². The summed E-state index contributed by atoms with van der Waals surface area (Å²) in [5.74, 6) is 0.321. The van der Waals surface area contributed by atoms with Gasteiger partial charge in [-0.25, -0.2) is 0 Å². The van der Waals surface area contributed by atoms with E-state index in [0.29, 0.717) is 11.3 Å². The zero-order valence-electron chi connectivity index (χ0n) is 12.8. The fourth-order valence-electron chi connectivity index (χ4n) is 4.40. The highest BCUT2D eigenvalue weighted by molar-refractivity contribution is 5.16. The van der Waals surface area contributed by atoms with Crippen molar-refractivity contribution >= 4 is 0 Å². The lowest BCUT2D eigenvalue weighted by molar-refractivity contribution is -0.145. The van der Waals surface area contributed by atoms with E-state index < -0.39 is 11.0 Å². The van der Waals surface area contributed by atoms with E-state index in [1.54, 1.807) is 0 Å². The molecule has 0 aromatic rings. The summed E-state index contributed by atoms with van der Waals surface area (Å²) >= 11 is 0. The van der Waals surface area contributed by atoms with Gasteiger partial charge in [-0.05, 0) is 49.9 Å². The summed E-state index contributed by atoms with van der Waals surface area (Å²) < 4.78 is 0. The predicted molar refractivity (Wildman–Crippen MR) is 77.5 cm³/mol. The standard InChI is InChI=1S/C17H29NO/c1-4-14-7-5-6-8-17(14,19)16(13-18)11-9-15(2,3)10-12-16/h14,19H,4-12H2,1-3H3. The molecule has 2 saturated carbocycles. The van der Waals surface area contributed by atoms with E-state index in [0.717, 1.165) is 51.4 Å². The van der Waals surface area contributed by atoms with Crippen LogP contribution in [-0.2, 0) is 0 Å². The second-order valence-corrected chi connectivity index (χ2v) is 7.63. The van der Waals surface area contributed by atoms with Gasteiger partial charge in [-0.1, -0.05) is 40.0 Å². The van der Waals surface area contributed by atoms with E-state index in [2.05, 4.69) is 26.8 Å². The van der Waals surface area contributed by atoms with E-state index in [-0.39, 0.29) is 0 Å². The molecule has 0 saturated heterocycles. The van der Waals surface area contributed by atoms with Crippen molar-refractivity contribution in [2.45, 2.75) is 84.2 Å². The summed E-state index contributed by atoms with van der Waals surface area (Å²) in [5, 5.41) is 21.2. The van der Waals surface area contributed by atoms with Gasteiger partial charge in [-0.15, -0.1) is 0 Å². The summed E-state index contributed by atoms with van der Waals surface area (Å²) in [7, 11) is 0. The van der Waals surface area contributed by atoms with Crippen LogP contribution in [0.15, 0.2) is 0 Å². The van der Waals surface area contributed by atoms with E-state index in [4.69, 9.17) is 0 Å². The molecular formula is C17H29NO. The van der Waals surface area contributed by atoms with Crippen molar-refractivity contribution in [3.05, 3.63) is 0 Å². The van der Waals surface area contributed by atoms with Crippen molar-refractivity contribution < 1.29 is 5.11 Å². The van der Waals surface area contributed by atoms with Crippen molar-refractivity contribution in [1.82, 2.24) is 0 Å². The Balaban J connectivity index is 2.28. The number of hydrogen-bond acceptors (Lipinski definition) is 2. The molecule has 0 radical (unpaired) electrons. The van der Waals surface area contributed by atoms with Crippen LogP contribution in [0.2, 0.25) is 0 Å². The summed E-state index contributed by atoms with van der Waals surface area (Å²) in [6, 6.07) is 2.58. The summed E-state index contributed by atoms with van der Waals surface area (Å²) in [4.78, 5) is 0. The van der Waals surface area contributed by atoms with Crippen LogP contribution >= 0.6 is 0 Å².